The minimum absolute atomic E-state index is 0.137. The van der Waals surface area contributed by atoms with Crippen molar-refractivity contribution in [3.8, 4) is 0 Å². The monoisotopic (exact) mass is 531 g/mol. The smallest absolute Gasteiger partial charge is 0.252 e. The molecule has 5 heteroatoms. The standard InChI is InChI=1S/C34H49N3O2/c1-10-13-20-37(21-23-39-22-11-2)32-24-29(16-19-31(32)27(6)26(5)12-3)33(38)36-34(8,9)28(7)35-30-17-14-25(4)15-18-30/h10-11,14-19,24,26-27,35H,1-2,7,12-13,20-23H2,3-6,8-9H3,(H,36,38). The highest BCUT2D eigenvalue weighted by Gasteiger charge is 2.27. The van der Waals surface area contributed by atoms with Gasteiger partial charge in [-0.1, -0.05) is 69.7 Å². The minimum Gasteiger partial charge on any atom is -0.376 e. The Kier molecular flexibility index (Phi) is 12.5. The van der Waals surface area contributed by atoms with E-state index in [0.717, 1.165) is 37.3 Å². The van der Waals surface area contributed by atoms with Crippen molar-refractivity contribution in [1.29, 1.82) is 0 Å². The predicted octanol–water partition coefficient (Wildman–Crippen LogP) is 7.86. The van der Waals surface area contributed by atoms with E-state index >= 15 is 0 Å². The van der Waals surface area contributed by atoms with Crippen LogP contribution in [0.4, 0.5) is 11.4 Å². The molecule has 0 saturated carbocycles. The SMILES string of the molecule is C=CCCN(CCOCC=C)c1cc(C(=O)NC(C)(C)C(=C)Nc2ccc(C)cc2)ccc1C(C)C(C)CC. The normalized spacial score (nSPS) is 12.8. The van der Waals surface area contributed by atoms with Crippen LogP contribution in [0.5, 0.6) is 0 Å². The fourth-order valence-corrected chi connectivity index (χ4v) is 4.34. The number of carbonyl (C=O) groups is 1. The van der Waals surface area contributed by atoms with Crippen molar-refractivity contribution in [2.24, 2.45) is 5.92 Å². The fourth-order valence-electron chi connectivity index (χ4n) is 4.34. The summed E-state index contributed by atoms with van der Waals surface area (Å²) in [5.41, 5.74) is 5.12. The van der Waals surface area contributed by atoms with Crippen LogP contribution in [0.15, 0.2) is 80.1 Å². The Morgan fingerprint density at radius 3 is 2.38 bits per heavy atom. The van der Waals surface area contributed by atoms with Gasteiger partial charge in [0.25, 0.3) is 5.91 Å². The zero-order valence-electron chi connectivity index (χ0n) is 25.0. The summed E-state index contributed by atoms with van der Waals surface area (Å²) in [4.78, 5) is 15.9. The van der Waals surface area contributed by atoms with E-state index < -0.39 is 5.54 Å². The van der Waals surface area contributed by atoms with Gasteiger partial charge >= 0.3 is 0 Å². The largest absolute Gasteiger partial charge is 0.376 e. The molecule has 2 unspecified atom stereocenters. The second-order valence-corrected chi connectivity index (χ2v) is 10.9. The highest BCUT2D eigenvalue weighted by molar-refractivity contribution is 5.96. The van der Waals surface area contributed by atoms with Crippen LogP contribution in [0.3, 0.4) is 0 Å². The Labute approximate surface area is 237 Å². The van der Waals surface area contributed by atoms with Crippen LogP contribution >= 0.6 is 0 Å². The molecule has 2 N–H and O–H groups in total. The summed E-state index contributed by atoms with van der Waals surface area (Å²) in [5, 5.41) is 6.53. The number of hydrogen-bond acceptors (Lipinski definition) is 4. The third-order valence-electron chi connectivity index (χ3n) is 7.49. The van der Waals surface area contributed by atoms with E-state index in [2.05, 4.69) is 69.0 Å². The minimum atomic E-state index is -0.675. The molecule has 0 saturated heterocycles. The molecule has 0 fully saturated rings. The summed E-state index contributed by atoms with van der Waals surface area (Å²) < 4.78 is 5.73. The molecule has 2 aromatic rings. The molecule has 5 nitrogen and oxygen atoms in total. The molecule has 0 aromatic heterocycles. The van der Waals surface area contributed by atoms with Crippen LogP contribution in [-0.4, -0.2) is 37.7 Å². The molecule has 0 aliphatic rings. The fraction of sp³-hybridized carbons (Fsp3) is 0.441. The van der Waals surface area contributed by atoms with Gasteiger partial charge in [0.1, 0.15) is 0 Å². The van der Waals surface area contributed by atoms with E-state index in [4.69, 9.17) is 4.74 Å². The number of benzene rings is 2. The number of rotatable bonds is 17. The first-order valence-corrected chi connectivity index (χ1v) is 14.1. The van der Waals surface area contributed by atoms with Crippen molar-refractivity contribution in [3.63, 3.8) is 0 Å². The first kappa shape index (κ1) is 31.9. The van der Waals surface area contributed by atoms with E-state index in [0.29, 0.717) is 36.3 Å². The molecule has 0 heterocycles. The average Bonchev–Trinajstić information content (AvgIpc) is 2.92. The molecular weight excluding hydrogens is 482 g/mol. The first-order valence-electron chi connectivity index (χ1n) is 14.1. The molecular formula is C34H49N3O2. The van der Waals surface area contributed by atoms with Gasteiger partial charge in [-0.05, 0) is 68.9 Å². The van der Waals surface area contributed by atoms with E-state index in [1.54, 1.807) is 6.08 Å². The van der Waals surface area contributed by atoms with Crippen LogP contribution in [0.2, 0.25) is 0 Å². The number of nitrogens with one attached hydrogen (secondary N) is 2. The topological polar surface area (TPSA) is 53.6 Å². The van der Waals surface area contributed by atoms with Gasteiger partial charge in [0, 0.05) is 35.7 Å². The van der Waals surface area contributed by atoms with Crippen LogP contribution in [0.25, 0.3) is 0 Å². The zero-order chi connectivity index (χ0) is 29.0. The van der Waals surface area contributed by atoms with E-state index in [-0.39, 0.29) is 5.91 Å². The maximum Gasteiger partial charge on any atom is 0.252 e. The summed E-state index contributed by atoms with van der Waals surface area (Å²) in [6, 6.07) is 14.2. The maximum absolute atomic E-state index is 13.6. The number of nitrogens with zero attached hydrogens (tertiary/aromatic N) is 1. The van der Waals surface area contributed by atoms with Crippen molar-refractivity contribution < 1.29 is 9.53 Å². The quantitative estimate of drug-likeness (QED) is 0.161. The van der Waals surface area contributed by atoms with Gasteiger partial charge in [-0.2, -0.15) is 0 Å². The molecule has 0 radical (unpaired) electrons. The van der Waals surface area contributed by atoms with Gasteiger partial charge in [-0.15, -0.1) is 13.2 Å². The maximum atomic E-state index is 13.6. The van der Waals surface area contributed by atoms with Crippen LogP contribution in [-0.2, 0) is 4.74 Å². The number of hydrogen-bond donors (Lipinski definition) is 2. The number of aryl methyl sites for hydroxylation is 1. The summed E-state index contributed by atoms with van der Waals surface area (Å²) >= 11 is 0. The first-order chi connectivity index (χ1) is 18.5. The lowest BCUT2D eigenvalue weighted by Crippen LogP contribution is -2.46. The van der Waals surface area contributed by atoms with Gasteiger partial charge < -0.3 is 20.3 Å². The Morgan fingerprint density at radius 2 is 1.77 bits per heavy atom. The number of amides is 1. The van der Waals surface area contributed by atoms with Gasteiger partial charge in [0.15, 0.2) is 0 Å². The number of ether oxygens (including phenoxy) is 1. The van der Waals surface area contributed by atoms with Crippen molar-refractivity contribution >= 4 is 17.3 Å². The zero-order valence-corrected chi connectivity index (χ0v) is 25.0. The summed E-state index contributed by atoms with van der Waals surface area (Å²) in [6.45, 7) is 27.3. The van der Waals surface area contributed by atoms with Gasteiger partial charge in [-0.25, -0.2) is 0 Å². The summed E-state index contributed by atoms with van der Waals surface area (Å²) in [7, 11) is 0. The molecule has 0 bridgehead atoms. The third kappa shape index (κ3) is 9.43. The van der Waals surface area contributed by atoms with E-state index in [1.807, 2.05) is 56.3 Å². The summed E-state index contributed by atoms with van der Waals surface area (Å²) in [6.07, 6.45) is 5.62. The summed E-state index contributed by atoms with van der Waals surface area (Å²) in [5.74, 6) is 0.719. The second kappa shape index (κ2) is 15.3. The Balaban J connectivity index is 2.35. The van der Waals surface area contributed by atoms with Crippen molar-refractivity contribution in [2.45, 2.75) is 65.8 Å². The van der Waals surface area contributed by atoms with Crippen molar-refractivity contribution in [2.75, 3.05) is 36.5 Å². The lowest BCUT2D eigenvalue weighted by atomic mass is 9.85. The van der Waals surface area contributed by atoms with Crippen molar-refractivity contribution in [1.82, 2.24) is 5.32 Å². The molecule has 2 atom stereocenters. The predicted molar refractivity (Wildman–Crippen MR) is 168 cm³/mol. The second-order valence-electron chi connectivity index (χ2n) is 10.9. The Morgan fingerprint density at radius 1 is 1.08 bits per heavy atom. The molecule has 0 spiro atoms. The van der Waals surface area contributed by atoms with Crippen molar-refractivity contribution in [3.05, 3.63) is 96.7 Å². The molecule has 2 aromatic carbocycles. The lowest BCUT2D eigenvalue weighted by molar-refractivity contribution is 0.0924. The highest BCUT2D eigenvalue weighted by atomic mass is 16.5. The molecule has 0 aliphatic carbocycles. The lowest BCUT2D eigenvalue weighted by Gasteiger charge is -2.32. The Bertz CT molecular complexity index is 1100. The highest BCUT2D eigenvalue weighted by Crippen LogP contribution is 2.35. The van der Waals surface area contributed by atoms with Gasteiger partial charge in [0.05, 0.1) is 18.8 Å². The van der Waals surface area contributed by atoms with Gasteiger partial charge in [-0.3, -0.25) is 4.79 Å². The Hall–Kier alpha value is -3.31. The van der Waals surface area contributed by atoms with Crippen LogP contribution in [0.1, 0.15) is 74.9 Å². The van der Waals surface area contributed by atoms with Crippen LogP contribution in [0, 0.1) is 12.8 Å². The molecule has 2 rings (SSSR count). The number of carbonyl (C=O) groups excluding carboxylic acids is 1. The van der Waals surface area contributed by atoms with E-state index in [1.165, 1.54) is 11.1 Å². The molecule has 1 amide bonds. The van der Waals surface area contributed by atoms with E-state index in [9.17, 15) is 4.79 Å². The molecule has 212 valence electrons. The third-order valence-corrected chi connectivity index (χ3v) is 7.49. The molecule has 39 heavy (non-hydrogen) atoms. The molecule has 0 aliphatic heterocycles. The van der Waals surface area contributed by atoms with Crippen LogP contribution < -0.4 is 15.5 Å². The number of anilines is 2. The van der Waals surface area contributed by atoms with Gasteiger partial charge in [0.2, 0.25) is 0 Å². The average molecular weight is 532 g/mol.